The highest BCUT2D eigenvalue weighted by molar-refractivity contribution is 6.42. The zero-order valence-electron chi connectivity index (χ0n) is 26.4. The molecule has 3 amide bonds. The molecular weight excluding hydrogens is 599 g/mol. The number of hydrogen-bond donors (Lipinski definition) is 2. The summed E-state index contributed by atoms with van der Waals surface area (Å²) in [5, 5.41) is 6.93. The fourth-order valence-corrected chi connectivity index (χ4v) is 6.54. The van der Waals surface area contributed by atoms with Gasteiger partial charge in [-0.15, -0.1) is 0 Å². The summed E-state index contributed by atoms with van der Waals surface area (Å²) >= 11 is 12.3. The SMILES string of the molecule is CC(C)C[C@H](C(=O)NCc1ccc(Cl)c(Cl)c1)N1CCC(CCc2ccccc2)N2C[C@H](NC(=O)OC(C)(C)C)C[C@H]2C1=O. The van der Waals surface area contributed by atoms with Crippen molar-refractivity contribution in [1.29, 1.82) is 0 Å². The fourth-order valence-electron chi connectivity index (χ4n) is 6.22. The average molecular weight is 646 g/mol. The quantitative estimate of drug-likeness (QED) is 0.320. The van der Waals surface area contributed by atoms with Crippen LogP contribution in [0.3, 0.4) is 0 Å². The third-order valence-electron chi connectivity index (χ3n) is 8.23. The van der Waals surface area contributed by atoms with Crippen LogP contribution in [0, 0.1) is 5.92 Å². The molecule has 0 bridgehead atoms. The number of fused-ring (bicyclic) bond motifs is 1. The summed E-state index contributed by atoms with van der Waals surface area (Å²) < 4.78 is 5.52. The van der Waals surface area contributed by atoms with Crippen molar-refractivity contribution in [3.8, 4) is 0 Å². The molecule has 2 fully saturated rings. The second kappa shape index (κ2) is 15.0. The molecule has 1 unspecified atom stereocenters. The molecule has 4 atom stereocenters. The van der Waals surface area contributed by atoms with Gasteiger partial charge >= 0.3 is 6.09 Å². The summed E-state index contributed by atoms with van der Waals surface area (Å²) in [5.74, 6) is -0.0493. The van der Waals surface area contributed by atoms with E-state index in [1.807, 2.05) is 45.0 Å². The molecule has 0 radical (unpaired) electrons. The van der Waals surface area contributed by atoms with E-state index < -0.39 is 23.8 Å². The van der Waals surface area contributed by atoms with Crippen LogP contribution >= 0.6 is 23.2 Å². The van der Waals surface area contributed by atoms with E-state index in [2.05, 4.69) is 41.5 Å². The smallest absolute Gasteiger partial charge is 0.407 e. The molecule has 2 aliphatic heterocycles. The highest BCUT2D eigenvalue weighted by atomic mass is 35.5. The normalized spacial score (nSPS) is 21.5. The zero-order valence-corrected chi connectivity index (χ0v) is 28.0. The molecule has 44 heavy (non-hydrogen) atoms. The molecule has 0 aromatic heterocycles. The molecule has 2 N–H and O–H groups in total. The van der Waals surface area contributed by atoms with Crippen molar-refractivity contribution < 1.29 is 19.1 Å². The number of hydrogen-bond acceptors (Lipinski definition) is 5. The molecule has 0 spiro atoms. The summed E-state index contributed by atoms with van der Waals surface area (Å²) in [5.41, 5.74) is 1.46. The van der Waals surface area contributed by atoms with E-state index in [-0.39, 0.29) is 36.4 Å². The van der Waals surface area contributed by atoms with Gasteiger partial charge in [0.05, 0.1) is 16.1 Å². The third kappa shape index (κ3) is 9.35. The number of nitrogens with zero attached hydrogens (tertiary/aromatic N) is 2. The minimum atomic E-state index is -0.618. The van der Waals surface area contributed by atoms with Crippen LogP contribution in [-0.2, 0) is 27.3 Å². The van der Waals surface area contributed by atoms with Gasteiger partial charge in [0, 0.05) is 31.7 Å². The molecule has 10 heteroatoms. The lowest BCUT2D eigenvalue weighted by atomic mass is 9.99. The summed E-state index contributed by atoms with van der Waals surface area (Å²) in [6, 6.07) is 14.5. The maximum absolute atomic E-state index is 14.3. The maximum Gasteiger partial charge on any atom is 0.407 e. The van der Waals surface area contributed by atoms with Gasteiger partial charge in [-0.05, 0) is 82.1 Å². The largest absolute Gasteiger partial charge is 0.444 e. The van der Waals surface area contributed by atoms with Crippen molar-refractivity contribution in [2.75, 3.05) is 13.1 Å². The molecule has 2 aromatic rings. The zero-order chi connectivity index (χ0) is 32.0. The van der Waals surface area contributed by atoms with Gasteiger partial charge in [0.1, 0.15) is 11.6 Å². The Morgan fingerprint density at radius 1 is 1.05 bits per heavy atom. The highest BCUT2D eigenvalue weighted by Gasteiger charge is 2.47. The number of rotatable bonds is 10. The van der Waals surface area contributed by atoms with E-state index in [0.29, 0.717) is 36.0 Å². The number of carbonyl (C=O) groups is 3. The molecule has 2 aromatic carbocycles. The lowest BCUT2D eigenvalue weighted by molar-refractivity contribution is -0.143. The van der Waals surface area contributed by atoms with Gasteiger partial charge in [0.2, 0.25) is 11.8 Å². The topological polar surface area (TPSA) is 91.0 Å². The molecule has 4 rings (SSSR count). The van der Waals surface area contributed by atoms with Crippen LogP contribution in [0.1, 0.15) is 71.4 Å². The Morgan fingerprint density at radius 3 is 2.43 bits per heavy atom. The number of benzene rings is 2. The Kier molecular flexibility index (Phi) is 11.6. The molecule has 240 valence electrons. The first-order chi connectivity index (χ1) is 20.8. The van der Waals surface area contributed by atoms with Gasteiger partial charge in [0.15, 0.2) is 0 Å². The van der Waals surface area contributed by atoms with Gasteiger partial charge in [-0.2, -0.15) is 0 Å². The van der Waals surface area contributed by atoms with Gasteiger partial charge in [-0.25, -0.2) is 4.79 Å². The van der Waals surface area contributed by atoms with Crippen LogP contribution in [0.2, 0.25) is 10.0 Å². The maximum atomic E-state index is 14.3. The van der Waals surface area contributed by atoms with Gasteiger partial charge < -0.3 is 20.3 Å². The number of carbonyl (C=O) groups excluding carboxylic acids is 3. The Bertz CT molecular complexity index is 1300. The van der Waals surface area contributed by atoms with Crippen LogP contribution < -0.4 is 10.6 Å². The molecule has 2 heterocycles. The van der Waals surface area contributed by atoms with Gasteiger partial charge in [0.25, 0.3) is 0 Å². The fraction of sp³-hybridized carbons (Fsp3) is 0.559. The lowest BCUT2D eigenvalue weighted by Gasteiger charge is -2.33. The Balaban J connectivity index is 1.54. The van der Waals surface area contributed by atoms with Gasteiger partial charge in [-0.3, -0.25) is 14.5 Å². The van der Waals surface area contributed by atoms with E-state index in [4.69, 9.17) is 27.9 Å². The molecular formula is C34H46Cl2N4O4. The predicted molar refractivity (Wildman–Crippen MR) is 175 cm³/mol. The second-order valence-electron chi connectivity index (χ2n) is 13.4. The standard InChI is InChI=1S/C34H46Cl2N4O4/c1-22(2)17-29(31(41)37-20-24-12-14-27(35)28(36)18-24)39-16-15-26(13-11-23-9-7-6-8-10-23)40-21-25(19-30(40)32(39)42)38-33(43)44-34(3,4)5/h6-10,12,14,18,22,25-26,29-30H,11,13,15-17,19-21H2,1-5H3,(H,37,41)(H,38,43)/t25-,26?,29-,30+/m1/s1. The number of ether oxygens (including phenoxy) is 1. The van der Waals surface area contributed by atoms with E-state index in [9.17, 15) is 14.4 Å². The van der Waals surface area contributed by atoms with Crippen molar-refractivity contribution in [2.45, 2.75) is 103 Å². The first kappa shape index (κ1) is 34.1. The average Bonchev–Trinajstić information content (AvgIpc) is 3.31. The van der Waals surface area contributed by atoms with Gasteiger partial charge in [-0.1, -0.05) is 73.4 Å². The minimum absolute atomic E-state index is 0.0592. The predicted octanol–water partition coefficient (Wildman–Crippen LogP) is 6.23. The van der Waals surface area contributed by atoms with Crippen molar-refractivity contribution in [2.24, 2.45) is 5.92 Å². The monoisotopic (exact) mass is 644 g/mol. The molecule has 0 aliphatic carbocycles. The highest BCUT2D eigenvalue weighted by Crippen LogP contribution is 2.31. The van der Waals surface area contributed by atoms with E-state index >= 15 is 0 Å². The number of amides is 3. The van der Waals surface area contributed by atoms with Crippen LogP contribution in [0.5, 0.6) is 0 Å². The first-order valence-electron chi connectivity index (χ1n) is 15.6. The second-order valence-corrected chi connectivity index (χ2v) is 14.2. The van der Waals surface area contributed by atoms with E-state index in [1.54, 1.807) is 17.0 Å². The number of nitrogens with one attached hydrogen (secondary N) is 2. The molecule has 2 aliphatic rings. The number of alkyl carbamates (subject to hydrolysis) is 1. The Hall–Kier alpha value is -2.81. The first-order valence-corrected chi connectivity index (χ1v) is 16.4. The minimum Gasteiger partial charge on any atom is -0.444 e. The van der Waals surface area contributed by atoms with E-state index in [1.165, 1.54) is 5.56 Å². The molecule has 0 saturated carbocycles. The summed E-state index contributed by atoms with van der Waals surface area (Å²) in [6.07, 6.45) is 3.02. The van der Waals surface area contributed by atoms with Crippen LogP contribution in [0.4, 0.5) is 4.79 Å². The lowest BCUT2D eigenvalue weighted by Crippen LogP contribution is -2.53. The van der Waals surface area contributed by atoms with Crippen molar-refractivity contribution in [1.82, 2.24) is 20.4 Å². The number of halogens is 2. The number of aryl methyl sites for hydroxylation is 1. The molecule has 8 nitrogen and oxygen atoms in total. The van der Waals surface area contributed by atoms with Crippen molar-refractivity contribution in [3.63, 3.8) is 0 Å². The summed E-state index contributed by atoms with van der Waals surface area (Å²) in [4.78, 5) is 44.8. The van der Waals surface area contributed by atoms with Crippen molar-refractivity contribution >= 4 is 41.1 Å². The van der Waals surface area contributed by atoms with Crippen LogP contribution in [0.15, 0.2) is 48.5 Å². The molecule has 2 saturated heterocycles. The summed E-state index contributed by atoms with van der Waals surface area (Å²) in [6.45, 7) is 10.9. The van der Waals surface area contributed by atoms with Crippen LogP contribution in [-0.4, -0.2) is 70.6 Å². The third-order valence-corrected chi connectivity index (χ3v) is 8.97. The Labute approximate surface area is 271 Å². The van der Waals surface area contributed by atoms with Crippen LogP contribution in [0.25, 0.3) is 0 Å². The van der Waals surface area contributed by atoms with Crippen molar-refractivity contribution in [3.05, 3.63) is 69.7 Å². The van der Waals surface area contributed by atoms with E-state index in [0.717, 1.165) is 24.8 Å². The summed E-state index contributed by atoms with van der Waals surface area (Å²) in [7, 11) is 0. The Morgan fingerprint density at radius 2 is 1.77 bits per heavy atom.